The summed E-state index contributed by atoms with van der Waals surface area (Å²) in [6, 6.07) is 3.92. The van der Waals surface area contributed by atoms with E-state index in [2.05, 4.69) is 10.0 Å². The van der Waals surface area contributed by atoms with E-state index in [1.807, 2.05) is 0 Å². The Kier molecular flexibility index (Phi) is 4.90. The molecule has 1 aromatic carbocycles. The molecule has 0 aliphatic heterocycles. The van der Waals surface area contributed by atoms with Crippen molar-refractivity contribution in [1.29, 1.82) is 0 Å². The first-order valence-corrected chi connectivity index (χ1v) is 7.22. The first kappa shape index (κ1) is 15.5. The van der Waals surface area contributed by atoms with Crippen molar-refractivity contribution in [3.63, 3.8) is 0 Å². The summed E-state index contributed by atoms with van der Waals surface area (Å²) in [5.41, 5.74) is 0.177. The topological polar surface area (TPSA) is 84.5 Å². The fourth-order valence-electron chi connectivity index (χ4n) is 1.54. The van der Waals surface area contributed by atoms with Crippen LogP contribution in [0.4, 0.5) is 0 Å². The lowest BCUT2D eigenvalue weighted by Gasteiger charge is -2.12. The molecule has 0 aliphatic carbocycles. The second-order valence-corrected chi connectivity index (χ2v) is 5.93. The highest BCUT2D eigenvalue weighted by Crippen LogP contribution is 2.22. The zero-order chi connectivity index (χ0) is 14.6. The number of benzene rings is 1. The van der Waals surface area contributed by atoms with Crippen LogP contribution in [-0.4, -0.2) is 34.5 Å². The molecular weight excluding hydrogens is 268 g/mol. The van der Waals surface area contributed by atoms with E-state index in [1.54, 1.807) is 13.8 Å². The maximum atomic E-state index is 12.0. The van der Waals surface area contributed by atoms with Gasteiger partial charge in [0.2, 0.25) is 10.0 Å². The minimum absolute atomic E-state index is 0.0283. The van der Waals surface area contributed by atoms with Crippen molar-refractivity contribution in [3.8, 4) is 5.75 Å². The summed E-state index contributed by atoms with van der Waals surface area (Å²) in [7, 11) is -0.748. The molecule has 0 fully saturated rings. The van der Waals surface area contributed by atoms with Crippen LogP contribution >= 0.6 is 0 Å². The van der Waals surface area contributed by atoms with E-state index in [0.29, 0.717) is 5.75 Å². The van der Waals surface area contributed by atoms with Crippen LogP contribution in [0.1, 0.15) is 24.2 Å². The summed E-state index contributed by atoms with van der Waals surface area (Å²) in [5, 5.41) is 2.44. The van der Waals surface area contributed by atoms with Gasteiger partial charge in [-0.1, -0.05) is 0 Å². The summed E-state index contributed by atoms with van der Waals surface area (Å²) >= 11 is 0. The van der Waals surface area contributed by atoms with Crippen molar-refractivity contribution in [2.24, 2.45) is 0 Å². The molecule has 0 saturated heterocycles. The molecule has 0 atom stereocenters. The predicted octanol–water partition coefficient (Wildman–Crippen LogP) is 0.741. The van der Waals surface area contributed by atoms with Crippen LogP contribution in [0.3, 0.4) is 0 Å². The fraction of sp³-hybridized carbons (Fsp3) is 0.417. The Morgan fingerprint density at radius 1 is 1.32 bits per heavy atom. The van der Waals surface area contributed by atoms with Crippen molar-refractivity contribution in [2.45, 2.75) is 24.8 Å². The van der Waals surface area contributed by atoms with Crippen molar-refractivity contribution < 1.29 is 17.9 Å². The number of hydrogen-bond donors (Lipinski definition) is 2. The van der Waals surface area contributed by atoms with Crippen molar-refractivity contribution >= 4 is 15.9 Å². The van der Waals surface area contributed by atoms with Crippen LogP contribution in [0.15, 0.2) is 23.1 Å². The van der Waals surface area contributed by atoms with Gasteiger partial charge in [-0.05, 0) is 32.0 Å². The zero-order valence-electron chi connectivity index (χ0n) is 11.4. The molecule has 1 aromatic rings. The molecule has 6 nitrogen and oxygen atoms in total. The third kappa shape index (κ3) is 3.68. The molecule has 0 aromatic heterocycles. The Morgan fingerprint density at radius 3 is 2.42 bits per heavy atom. The Bertz CT molecular complexity index is 567. The van der Waals surface area contributed by atoms with Gasteiger partial charge < -0.3 is 10.1 Å². The normalized spacial score (nSPS) is 11.4. The molecule has 106 valence electrons. The van der Waals surface area contributed by atoms with E-state index in [1.165, 1.54) is 32.4 Å². The molecule has 0 spiro atoms. The molecule has 2 N–H and O–H groups in total. The molecule has 0 radical (unpaired) electrons. The lowest BCUT2D eigenvalue weighted by molar-refractivity contribution is 0.0960. The molecule has 1 amide bonds. The number of hydrogen-bond acceptors (Lipinski definition) is 4. The van der Waals surface area contributed by atoms with E-state index < -0.39 is 15.9 Å². The Morgan fingerprint density at radius 2 is 1.95 bits per heavy atom. The summed E-state index contributed by atoms with van der Waals surface area (Å²) in [5.74, 6) is -0.0821. The molecule has 0 aliphatic rings. The number of rotatable bonds is 5. The van der Waals surface area contributed by atoms with Gasteiger partial charge in [0.05, 0.1) is 17.6 Å². The fourth-order valence-corrected chi connectivity index (χ4v) is 2.82. The lowest BCUT2D eigenvalue weighted by Crippen LogP contribution is -2.30. The van der Waals surface area contributed by atoms with Gasteiger partial charge in [0.1, 0.15) is 5.75 Å². The molecule has 19 heavy (non-hydrogen) atoms. The number of sulfonamides is 1. The number of ether oxygens (including phenoxy) is 1. The summed E-state index contributed by atoms with van der Waals surface area (Å²) in [6.45, 7) is 3.45. The maximum Gasteiger partial charge on any atom is 0.254 e. The highest BCUT2D eigenvalue weighted by molar-refractivity contribution is 7.89. The van der Waals surface area contributed by atoms with E-state index >= 15 is 0 Å². The van der Waals surface area contributed by atoms with E-state index in [0.717, 1.165) is 0 Å². The van der Waals surface area contributed by atoms with E-state index in [9.17, 15) is 13.2 Å². The molecule has 0 unspecified atom stereocenters. The second kappa shape index (κ2) is 6.03. The lowest BCUT2D eigenvalue weighted by atomic mass is 10.2. The van der Waals surface area contributed by atoms with Crippen molar-refractivity contribution in [2.75, 3.05) is 14.2 Å². The van der Waals surface area contributed by atoms with Crippen LogP contribution in [0.5, 0.6) is 5.75 Å². The minimum Gasteiger partial charge on any atom is -0.496 e. The summed E-state index contributed by atoms with van der Waals surface area (Å²) in [4.78, 5) is 11.7. The third-order valence-electron chi connectivity index (χ3n) is 2.34. The predicted molar refractivity (Wildman–Crippen MR) is 71.8 cm³/mol. The smallest absolute Gasteiger partial charge is 0.254 e. The largest absolute Gasteiger partial charge is 0.496 e. The van der Waals surface area contributed by atoms with Crippen LogP contribution in [-0.2, 0) is 10.0 Å². The minimum atomic E-state index is -3.63. The highest BCUT2D eigenvalue weighted by Gasteiger charge is 2.19. The Labute approximate surface area is 113 Å². The van der Waals surface area contributed by atoms with Crippen LogP contribution in [0, 0.1) is 0 Å². The van der Waals surface area contributed by atoms with Gasteiger partial charge in [0.25, 0.3) is 5.91 Å². The van der Waals surface area contributed by atoms with E-state index in [4.69, 9.17) is 4.74 Å². The number of nitrogens with one attached hydrogen (secondary N) is 2. The summed E-state index contributed by atoms with van der Waals surface area (Å²) in [6.07, 6.45) is 0. The molecule has 0 heterocycles. The monoisotopic (exact) mass is 286 g/mol. The number of carbonyl (C=O) groups excluding carboxylic acids is 1. The molecular formula is C12H18N2O4S. The number of methoxy groups -OCH3 is 1. The Hall–Kier alpha value is -1.60. The van der Waals surface area contributed by atoms with E-state index in [-0.39, 0.29) is 16.5 Å². The third-order valence-corrected chi connectivity index (χ3v) is 4.00. The molecule has 0 bridgehead atoms. The SMILES string of the molecule is CNC(=O)c1cc(S(=O)(=O)NC(C)C)ccc1OC. The van der Waals surface area contributed by atoms with Crippen LogP contribution in [0.2, 0.25) is 0 Å². The van der Waals surface area contributed by atoms with Gasteiger partial charge in [0.15, 0.2) is 0 Å². The number of carbonyl (C=O) groups is 1. The molecule has 1 rings (SSSR count). The second-order valence-electron chi connectivity index (χ2n) is 4.22. The zero-order valence-corrected chi connectivity index (χ0v) is 12.2. The maximum absolute atomic E-state index is 12.0. The number of amides is 1. The van der Waals surface area contributed by atoms with Crippen molar-refractivity contribution in [1.82, 2.24) is 10.0 Å². The average molecular weight is 286 g/mol. The first-order valence-electron chi connectivity index (χ1n) is 5.74. The average Bonchev–Trinajstić information content (AvgIpc) is 2.35. The standard InChI is InChI=1S/C12H18N2O4S/c1-8(2)14-19(16,17)9-5-6-11(18-4)10(7-9)12(15)13-3/h5-8,14H,1-4H3,(H,13,15). The quantitative estimate of drug-likeness (QED) is 0.836. The van der Waals surface area contributed by atoms with Gasteiger partial charge in [-0.25, -0.2) is 13.1 Å². The van der Waals surface area contributed by atoms with Crippen LogP contribution in [0.25, 0.3) is 0 Å². The van der Waals surface area contributed by atoms with Gasteiger partial charge in [-0.2, -0.15) is 0 Å². The molecule has 7 heteroatoms. The van der Waals surface area contributed by atoms with Gasteiger partial charge in [-0.15, -0.1) is 0 Å². The van der Waals surface area contributed by atoms with Gasteiger partial charge >= 0.3 is 0 Å². The summed E-state index contributed by atoms with van der Waals surface area (Å²) < 4.78 is 31.5. The molecule has 0 saturated carbocycles. The highest BCUT2D eigenvalue weighted by atomic mass is 32.2. The van der Waals surface area contributed by atoms with Gasteiger partial charge in [-0.3, -0.25) is 4.79 Å². The first-order chi connectivity index (χ1) is 8.81. The van der Waals surface area contributed by atoms with Crippen molar-refractivity contribution in [3.05, 3.63) is 23.8 Å². The van der Waals surface area contributed by atoms with Gasteiger partial charge in [0, 0.05) is 13.1 Å². The Balaban J connectivity index is 3.29. The van der Waals surface area contributed by atoms with Crippen LogP contribution < -0.4 is 14.8 Å².